The van der Waals surface area contributed by atoms with Crippen LogP contribution in [0.1, 0.15) is 18.4 Å². The van der Waals surface area contributed by atoms with Gasteiger partial charge in [-0.15, -0.1) is 0 Å². The van der Waals surface area contributed by atoms with Crippen LogP contribution in [0.3, 0.4) is 0 Å². The standard InChI is InChI=1S/C19H19N3O2/c1-13(14-5-3-2-4-6-14)18-11-24-19(10-23)22(18)15-7-8-16-17(9-15)21-12-20-16/h2-10,12-13,18-19H,11H2,1H3,(H,20,21). The van der Waals surface area contributed by atoms with Crippen LogP contribution in [0.15, 0.2) is 54.9 Å². The molecule has 2 heterocycles. The predicted octanol–water partition coefficient (Wildman–Crippen LogP) is 3.10. The maximum absolute atomic E-state index is 11.5. The number of aromatic amines is 1. The molecule has 3 atom stereocenters. The van der Waals surface area contributed by atoms with Gasteiger partial charge < -0.3 is 14.6 Å². The largest absolute Gasteiger partial charge is 0.349 e. The molecule has 1 aliphatic rings. The molecule has 5 nitrogen and oxygen atoms in total. The lowest BCUT2D eigenvalue weighted by Gasteiger charge is -2.32. The topological polar surface area (TPSA) is 58.2 Å². The molecular weight excluding hydrogens is 302 g/mol. The van der Waals surface area contributed by atoms with Gasteiger partial charge in [-0.25, -0.2) is 4.98 Å². The Morgan fingerprint density at radius 2 is 2.12 bits per heavy atom. The highest BCUT2D eigenvalue weighted by Crippen LogP contribution is 2.34. The zero-order chi connectivity index (χ0) is 16.5. The van der Waals surface area contributed by atoms with Crippen molar-refractivity contribution >= 4 is 23.0 Å². The molecule has 1 saturated heterocycles. The summed E-state index contributed by atoms with van der Waals surface area (Å²) in [5.74, 6) is 0.242. The van der Waals surface area contributed by atoms with E-state index in [9.17, 15) is 4.79 Å². The van der Waals surface area contributed by atoms with E-state index >= 15 is 0 Å². The Kier molecular flexibility index (Phi) is 3.78. The molecule has 0 bridgehead atoms. The number of aromatic nitrogens is 2. The predicted molar refractivity (Wildman–Crippen MR) is 93.0 cm³/mol. The lowest BCUT2D eigenvalue weighted by molar-refractivity contribution is -0.115. The van der Waals surface area contributed by atoms with Crippen LogP contribution >= 0.6 is 0 Å². The van der Waals surface area contributed by atoms with Crippen LogP contribution in [0.5, 0.6) is 0 Å². The van der Waals surface area contributed by atoms with Crippen molar-refractivity contribution in [1.82, 2.24) is 9.97 Å². The molecule has 1 N–H and O–H groups in total. The third-order valence-electron chi connectivity index (χ3n) is 4.79. The first kappa shape index (κ1) is 14.9. The van der Waals surface area contributed by atoms with E-state index in [-0.39, 0.29) is 12.0 Å². The number of nitrogens with zero attached hydrogens (tertiary/aromatic N) is 2. The van der Waals surface area contributed by atoms with E-state index in [1.807, 2.05) is 36.4 Å². The van der Waals surface area contributed by atoms with Crippen LogP contribution in [-0.2, 0) is 9.53 Å². The number of hydrogen-bond donors (Lipinski definition) is 1. The highest BCUT2D eigenvalue weighted by molar-refractivity contribution is 5.80. The van der Waals surface area contributed by atoms with E-state index in [0.717, 1.165) is 23.0 Å². The summed E-state index contributed by atoms with van der Waals surface area (Å²) in [4.78, 5) is 21.0. The molecule has 1 aliphatic heterocycles. The van der Waals surface area contributed by atoms with Crippen molar-refractivity contribution in [2.45, 2.75) is 25.1 Å². The molecular formula is C19H19N3O2. The Hall–Kier alpha value is -2.66. The van der Waals surface area contributed by atoms with Crippen LogP contribution in [0.25, 0.3) is 11.0 Å². The number of nitrogens with one attached hydrogen (secondary N) is 1. The second-order valence-electron chi connectivity index (χ2n) is 6.14. The van der Waals surface area contributed by atoms with E-state index in [0.29, 0.717) is 6.61 Å². The van der Waals surface area contributed by atoms with Gasteiger partial charge in [-0.3, -0.25) is 4.79 Å². The second-order valence-corrected chi connectivity index (χ2v) is 6.14. The third-order valence-corrected chi connectivity index (χ3v) is 4.79. The number of ether oxygens (including phenoxy) is 1. The van der Waals surface area contributed by atoms with Gasteiger partial charge in [0.15, 0.2) is 12.5 Å². The number of carbonyl (C=O) groups excluding carboxylic acids is 1. The van der Waals surface area contributed by atoms with Crippen LogP contribution in [0.2, 0.25) is 0 Å². The summed E-state index contributed by atoms with van der Waals surface area (Å²) in [6.45, 7) is 2.70. The number of benzene rings is 2. The van der Waals surface area contributed by atoms with E-state index in [1.54, 1.807) is 6.33 Å². The molecule has 0 saturated carbocycles. The number of rotatable bonds is 4. The van der Waals surface area contributed by atoms with E-state index in [2.05, 4.69) is 33.9 Å². The van der Waals surface area contributed by atoms with Crippen LogP contribution in [-0.4, -0.2) is 35.1 Å². The first-order valence-corrected chi connectivity index (χ1v) is 8.11. The zero-order valence-electron chi connectivity index (χ0n) is 13.4. The molecule has 1 fully saturated rings. The van der Waals surface area contributed by atoms with Gasteiger partial charge in [0.05, 0.1) is 30.0 Å². The molecule has 5 heteroatoms. The fraction of sp³-hybridized carbons (Fsp3) is 0.263. The normalized spacial score (nSPS) is 22.0. The monoisotopic (exact) mass is 321 g/mol. The molecule has 4 rings (SSSR count). The zero-order valence-corrected chi connectivity index (χ0v) is 13.4. The Morgan fingerprint density at radius 3 is 2.92 bits per heavy atom. The summed E-state index contributed by atoms with van der Waals surface area (Å²) < 4.78 is 5.75. The van der Waals surface area contributed by atoms with Gasteiger partial charge in [-0.05, 0) is 23.8 Å². The molecule has 3 aromatic rings. The number of anilines is 1. The SMILES string of the molecule is CC(c1ccccc1)C1COC(C=O)N1c1ccc2[nH]cnc2c1. The van der Waals surface area contributed by atoms with E-state index in [1.165, 1.54) is 5.56 Å². The molecule has 1 aromatic heterocycles. The molecule has 0 spiro atoms. The highest BCUT2D eigenvalue weighted by atomic mass is 16.5. The summed E-state index contributed by atoms with van der Waals surface area (Å²) >= 11 is 0. The summed E-state index contributed by atoms with van der Waals surface area (Å²) in [5.41, 5.74) is 4.06. The van der Waals surface area contributed by atoms with Crippen molar-refractivity contribution < 1.29 is 9.53 Å². The Bertz CT molecular complexity index is 846. The van der Waals surface area contributed by atoms with Crippen molar-refractivity contribution in [1.29, 1.82) is 0 Å². The summed E-state index contributed by atoms with van der Waals surface area (Å²) in [6, 6.07) is 16.4. The minimum Gasteiger partial charge on any atom is -0.349 e. The van der Waals surface area contributed by atoms with E-state index in [4.69, 9.17) is 4.74 Å². The summed E-state index contributed by atoms with van der Waals surface area (Å²) in [5, 5.41) is 0. The molecule has 2 aromatic carbocycles. The number of H-pyrrole nitrogens is 1. The molecule has 0 radical (unpaired) electrons. The first-order chi connectivity index (χ1) is 11.8. The van der Waals surface area contributed by atoms with Crippen LogP contribution in [0, 0.1) is 0 Å². The first-order valence-electron chi connectivity index (χ1n) is 8.11. The van der Waals surface area contributed by atoms with Crippen LogP contribution in [0.4, 0.5) is 5.69 Å². The van der Waals surface area contributed by atoms with Gasteiger partial charge in [-0.1, -0.05) is 37.3 Å². The lowest BCUT2D eigenvalue weighted by Crippen LogP contribution is -2.40. The average molecular weight is 321 g/mol. The summed E-state index contributed by atoms with van der Waals surface area (Å²) in [6.07, 6.45) is 1.99. The number of hydrogen-bond acceptors (Lipinski definition) is 4. The van der Waals surface area contributed by atoms with Crippen molar-refractivity contribution in [2.75, 3.05) is 11.5 Å². The fourth-order valence-corrected chi connectivity index (χ4v) is 3.43. The van der Waals surface area contributed by atoms with Crippen molar-refractivity contribution in [3.63, 3.8) is 0 Å². The van der Waals surface area contributed by atoms with Gasteiger partial charge in [0, 0.05) is 11.6 Å². The fourth-order valence-electron chi connectivity index (χ4n) is 3.43. The van der Waals surface area contributed by atoms with E-state index < -0.39 is 6.23 Å². The molecule has 24 heavy (non-hydrogen) atoms. The lowest BCUT2D eigenvalue weighted by atomic mass is 9.92. The van der Waals surface area contributed by atoms with Gasteiger partial charge in [0.2, 0.25) is 0 Å². The van der Waals surface area contributed by atoms with Crippen molar-refractivity contribution in [3.8, 4) is 0 Å². The minimum absolute atomic E-state index is 0.0963. The summed E-state index contributed by atoms with van der Waals surface area (Å²) in [7, 11) is 0. The van der Waals surface area contributed by atoms with Crippen molar-refractivity contribution in [3.05, 3.63) is 60.4 Å². The Labute approximate surface area is 140 Å². The Morgan fingerprint density at radius 1 is 1.29 bits per heavy atom. The number of aldehydes is 1. The van der Waals surface area contributed by atoms with Crippen LogP contribution < -0.4 is 4.90 Å². The molecule has 0 aliphatic carbocycles. The Balaban J connectivity index is 1.72. The quantitative estimate of drug-likeness (QED) is 0.750. The minimum atomic E-state index is -0.558. The molecule has 3 unspecified atom stereocenters. The second kappa shape index (κ2) is 6.09. The van der Waals surface area contributed by atoms with Gasteiger partial charge >= 0.3 is 0 Å². The highest BCUT2D eigenvalue weighted by Gasteiger charge is 2.38. The van der Waals surface area contributed by atoms with Gasteiger partial charge in [0.1, 0.15) is 0 Å². The third kappa shape index (κ3) is 2.47. The maximum Gasteiger partial charge on any atom is 0.187 e. The van der Waals surface area contributed by atoms with Gasteiger partial charge in [0.25, 0.3) is 0 Å². The number of imidazole rings is 1. The molecule has 0 amide bonds. The maximum atomic E-state index is 11.5. The average Bonchev–Trinajstić information content (AvgIpc) is 3.27. The number of fused-ring (bicyclic) bond motifs is 1. The molecule has 122 valence electrons. The van der Waals surface area contributed by atoms with Crippen molar-refractivity contribution in [2.24, 2.45) is 0 Å². The van der Waals surface area contributed by atoms with Gasteiger partial charge in [-0.2, -0.15) is 0 Å². The smallest absolute Gasteiger partial charge is 0.187 e. The number of carbonyl (C=O) groups is 1.